The van der Waals surface area contributed by atoms with E-state index in [-0.39, 0.29) is 17.1 Å². The molecule has 0 saturated carbocycles. The molecule has 0 radical (unpaired) electrons. The molecule has 1 heterocycles. The van der Waals surface area contributed by atoms with Crippen molar-refractivity contribution in [2.75, 3.05) is 32.8 Å². The summed E-state index contributed by atoms with van der Waals surface area (Å²) in [5.74, 6) is 2.09. The van der Waals surface area contributed by atoms with E-state index < -0.39 is 0 Å². The molecule has 2 aliphatic rings. The summed E-state index contributed by atoms with van der Waals surface area (Å²) in [4.78, 5) is 34.3. The number of anilines is 2. The molecule has 0 spiro atoms. The zero-order chi connectivity index (χ0) is 31.6. The van der Waals surface area contributed by atoms with Crippen LogP contribution in [0.1, 0.15) is 16.7 Å². The number of rotatable bonds is 10. The zero-order valence-corrected chi connectivity index (χ0v) is 25.2. The lowest BCUT2D eigenvalue weighted by atomic mass is 9.95. The van der Waals surface area contributed by atoms with Gasteiger partial charge in [0.05, 0.1) is 19.2 Å². The van der Waals surface area contributed by atoms with Crippen LogP contribution in [0.4, 0.5) is 11.5 Å². The first-order valence-corrected chi connectivity index (χ1v) is 14.7. The lowest BCUT2D eigenvalue weighted by Gasteiger charge is -2.17. The number of carbonyl (C=O) groups excluding carboxylic acids is 2. The molecule has 7 rings (SSSR count). The number of fused-ring (bicyclic) bond motifs is 4. The lowest BCUT2D eigenvalue weighted by molar-refractivity contribution is -0.113. The van der Waals surface area contributed by atoms with E-state index in [1.54, 1.807) is 38.5 Å². The number of nitrogens with one attached hydrogen (secondary N) is 1. The fourth-order valence-corrected chi connectivity index (χ4v) is 5.75. The monoisotopic (exact) mass is 611 g/mol. The van der Waals surface area contributed by atoms with Gasteiger partial charge < -0.3 is 24.3 Å². The molecule has 0 bridgehead atoms. The Hall–Kier alpha value is -5.80. The zero-order valence-electron chi connectivity index (χ0n) is 25.2. The van der Waals surface area contributed by atoms with Crippen LogP contribution in [0.2, 0.25) is 0 Å². The maximum atomic E-state index is 13.0. The molecule has 0 saturated heterocycles. The van der Waals surface area contributed by atoms with Crippen molar-refractivity contribution in [3.8, 4) is 34.1 Å². The van der Waals surface area contributed by atoms with Gasteiger partial charge in [-0.05, 0) is 83.3 Å². The van der Waals surface area contributed by atoms with Crippen molar-refractivity contribution in [3.63, 3.8) is 0 Å². The number of aromatic nitrogens is 2. The summed E-state index contributed by atoms with van der Waals surface area (Å²) < 4.78 is 22.9. The van der Waals surface area contributed by atoms with E-state index in [2.05, 4.69) is 33.5 Å². The fraction of sp³-hybridized carbons (Fsp3) is 0.135. The van der Waals surface area contributed by atoms with Crippen molar-refractivity contribution >= 4 is 39.5 Å². The third kappa shape index (κ3) is 5.60. The molecule has 0 fully saturated rings. The van der Waals surface area contributed by atoms with E-state index in [1.165, 1.54) is 46.8 Å². The summed E-state index contributed by atoms with van der Waals surface area (Å²) in [6, 6.07) is 23.4. The minimum Gasteiger partial charge on any atom is -0.493 e. The number of hydrogen-bond acceptors (Lipinski definition) is 9. The number of ketones is 2. The Labute approximate surface area is 265 Å². The van der Waals surface area contributed by atoms with Crippen LogP contribution in [0, 0.1) is 0 Å². The minimum absolute atomic E-state index is 0.242. The Morgan fingerprint density at radius 3 is 2.52 bits per heavy atom. The first-order valence-electron chi connectivity index (χ1n) is 14.7. The Morgan fingerprint density at radius 1 is 0.783 bits per heavy atom. The van der Waals surface area contributed by atoms with Crippen LogP contribution < -0.4 is 19.5 Å². The average molecular weight is 612 g/mol. The molecule has 0 aliphatic heterocycles. The first-order chi connectivity index (χ1) is 22.5. The molecule has 0 amide bonds. The van der Waals surface area contributed by atoms with Gasteiger partial charge in [-0.2, -0.15) is 0 Å². The van der Waals surface area contributed by atoms with Gasteiger partial charge in [-0.15, -0.1) is 0 Å². The number of carbonyl (C=O) groups is 2. The van der Waals surface area contributed by atoms with Gasteiger partial charge in [-0.3, -0.25) is 9.59 Å². The van der Waals surface area contributed by atoms with Crippen LogP contribution in [0.25, 0.3) is 27.6 Å². The third-order valence-electron chi connectivity index (χ3n) is 7.94. The number of methoxy groups -OCH3 is 2. The van der Waals surface area contributed by atoms with Crippen molar-refractivity contribution in [1.29, 1.82) is 0 Å². The summed E-state index contributed by atoms with van der Waals surface area (Å²) >= 11 is 0. The highest BCUT2D eigenvalue weighted by Crippen LogP contribution is 2.41. The van der Waals surface area contributed by atoms with Crippen LogP contribution in [0.3, 0.4) is 0 Å². The van der Waals surface area contributed by atoms with Crippen LogP contribution in [-0.4, -0.2) is 49.0 Å². The molecular weight excluding hydrogens is 582 g/mol. The Kier molecular flexibility index (Phi) is 7.74. The first kappa shape index (κ1) is 28.9. The molecule has 1 N–H and O–H groups in total. The molecule has 4 aromatic carbocycles. The van der Waals surface area contributed by atoms with Crippen molar-refractivity contribution in [1.82, 2.24) is 9.97 Å². The highest BCUT2D eigenvalue weighted by Gasteiger charge is 2.22. The molecule has 0 atom stereocenters. The lowest BCUT2D eigenvalue weighted by Crippen LogP contribution is -2.08. The second-order valence-electron chi connectivity index (χ2n) is 10.8. The predicted molar refractivity (Wildman–Crippen MR) is 175 cm³/mol. The van der Waals surface area contributed by atoms with Crippen LogP contribution in [0.5, 0.6) is 23.0 Å². The maximum Gasteiger partial charge on any atom is 0.186 e. The van der Waals surface area contributed by atoms with Crippen molar-refractivity contribution in [3.05, 3.63) is 114 Å². The van der Waals surface area contributed by atoms with E-state index in [0.717, 1.165) is 6.42 Å². The van der Waals surface area contributed by atoms with E-state index in [9.17, 15) is 9.59 Å². The normalized spacial score (nSPS) is 13.3. The predicted octanol–water partition coefficient (Wildman–Crippen LogP) is 6.86. The smallest absolute Gasteiger partial charge is 0.186 e. The molecule has 46 heavy (non-hydrogen) atoms. The van der Waals surface area contributed by atoms with Crippen molar-refractivity contribution < 1.29 is 28.5 Å². The number of allylic oxidation sites excluding steroid dienone is 4. The molecule has 1 aromatic heterocycles. The van der Waals surface area contributed by atoms with Gasteiger partial charge in [0.15, 0.2) is 23.1 Å². The summed E-state index contributed by atoms with van der Waals surface area (Å²) in [6.07, 6.45) is 6.16. The molecule has 9 heteroatoms. The van der Waals surface area contributed by atoms with Gasteiger partial charge in [-0.25, -0.2) is 9.97 Å². The van der Waals surface area contributed by atoms with Gasteiger partial charge in [0.1, 0.15) is 30.3 Å². The van der Waals surface area contributed by atoms with Gasteiger partial charge in [0, 0.05) is 35.4 Å². The van der Waals surface area contributed by atoms with Gasteiger partial charge in [0.25, 0.3) is 0 Å². The molecule has 2 aliphatic carbocycles. The molecule has 5 aromatic rings. The van der Waals surface area contributed by atoms with E-state index in [1.807, 2.05) is 30.3 Å². The van der Waals surface area contributed by atoms with Crippen LogP contribution in [0.15, 0.2) is 97.4 Å². The van der Waals surface area contributed by atoms with Gasteiger partial charge in [-0.1, -0.05) is 30.3 Å². The topological polar surface area (TPSA) is 109 Å². The number of nitrogens with zero attached hydrogens (tertiary/aromatic N) is 2. The summed E-state index contributed by atoms with van der Waals surface area (Å²) in [5, 5.41) is 4.05. The van der Waals surface area contributed by atoms with Crippen LogP contribution in [-0.2, 0) is 20.7 Å². The van der Waals surface area contributed by atoms with Crippen molar-refractivity contribution in [2.24, 2.45) is 0 Å². The standard InChI is InChI=1S/C37H29N3O6/c1-43-13-14-45-36-20-32-31(19-35(36)44-2)37(39-21-38-32)40-24-7-12-34(30(17-24)29-18-25(41)8-11-33(29)42)46-26-9-10-28-23(16-26)15-22-5-3-4-6-27(22)28/h3-12,16-21H,13-15H2,1-2H3,(H,38,39,40). The Balaban J connectivity index is 1.23. The molecule has 0 unspecified atom stereocenters. The maximum absolute atomic E-state index is 13.0. The van der Waals surface area contributed by atoms with E-state index in [4.69, 9.17) is 18.9 Å². The van der Waals surface area contributed by atoms with Crippen LogP contribution >= 0.6 is 0 Å². The Morgan fingerprint density at radius 2 is 1.65 bits per heavy atom. The SMILES string of the molecule is COCCOc1cc2ncnc(Nc3ccc(Oc4ccc5c(c4)Cc4ccccc4-5)c(C4=CC(=O)C=CC4=O)c3)c2cc1OC. The molecule has 9 nitrogen and oxygen atoms in total. The van der Waals surface area contributed by atoms with E-state index >= 15 is 0 Å². The van der Waals surface area contributed by atoms with Gasteiger partial charge >= 0.3 is 0 Å². The Bertz CT molecular complexity index is 2080. The fourth-order valence-electron chi connectivity index (χ4n) is 5.75. The second-order valence-corrected chi connectivity index (χ2v) is 10.8. The third-order valence-corrected chi connectivity index (χ3v) is 7.94. The number of ether oxygens (including phenoxy) is 4. The average Bonchev–Trinajstić information content (AvgIpc) is 3.44. The summed E-state index contributed by atoms with van der Waals surface area (Å²) in [5.41, 5.74) is 6.85. The number of benzene rings is 4. The molecule has 228 valence electrons. The molecular formula is C37H29N3O6. The highest BCUT2D eigenvalue weighted by atomic mass is 16.5. The van der Waals surface area contributed by atoms with Gasteiger partial charge in [0.2, 0.25) is 0 Å². The van der Waals surface area contributed by atoms with Crippen molar-refractivity contribution in [2.45, 2.75) is 6.42 Å². The second kappa shape index (κ2) is 12.3. The number of hydrogen-bond donors (Lipinski definition) is 1. The quantitative estimate of drug-likeness (QED) is 0.131. The minimum atomic E-state index is -0.288. The highest BCUT2D eigenvalue weighted by molar-refractivity contribution is 6.34. The van der Waals surface area contributed by atoms with E-state index in [0.29, 0.717) is 64.2 Å². The largest absolute Gasteiger partial charge is 0.493 e. The summed E-state index contributed by atoms with van der Waals surface area (Å²) in [6.45, 7) is 0.790. The summed E-state index contributed by atoms with van der Waals surface area (Å²) in [7, 11) is 3.18.